The van der Waals surface area contributed by atoms with Gasteiger partial charge in [-0.05, 0) is 38.3 Å². The Morgan fingerprint density at radius 2 is 2.30 bits per heavy atom. The number of rotatable bonds is 4. The van der Waals surface area contributed by atoms with E-state index < -0.39 is 0 Å². The van der Waals surface area contributed by atoms with Crippen LogP contribution in [0.1, 0.15) is 43.1 Å². The van der Waals surface area contributed by atoms with Gasteiger partial charge in [0, 0.05) is 19.8 Å². The van der Waals surface area contributed by atoms with E-state index in [2.05, 4.69) is 10.6 Å². The number of hydrogen-bond donors (Lipinski definition) is 2. The number of esters is 1. The number of anilines is 1. The lowest BCUT2D eigenvalue weighted by atomic mass is 9.67. The van der Waals surface area contributed by atoms with E-state index in [0.29, 0.717) is 23.9 Å². The number of nitrogens with one attached hydrogen (secondary N) is 2. The van der Waals surface area contributed by atoms with Crippen LogP contribution in [0.3, 0.4) is 0 Å². The van der Waals surface area contributed by atoms with Gasteiger partial charge in [0.2, 0.25) is 5.91 Å². The molecule has 1 aliphatic heterocycles. The predicted octanol–water partition coefficient (Wildman–Crippen LogP) is 1.92. The summed E-state index contributed by atoms with van der Waals surface area (Å²) in [5, 5.41) is 6.41. The molecule has 0 radical (unpaired) electrons. The van der Waals surface area contributed by atoms with Crippen LogP contribution in [0.4, 0.5) is 5.69 Å². The van der Waals surface area contributed by atoms with Gasteiger partial charge in [-0.25, -0.2) is 4.79 Å². The zero-order valence-electron chi connectivity index (χ0n) is 13.9. The van der Waals surface area contributed by atoms with E-state index in [1.54, 1.807) is 30.8 Å². The van der Waals surface area contributed by atoms with Crippen LogP contribution < -0.4 is 10.6 Å². The molecule has 0 unspecified atom stereocenters. The van der Waals surface area contributed by atoms with Gasteiger partial charge in [-0.3, -0.25) is 4.79 Å². The Balaban J connectivity index is 1.75. The number of nitrogens with zero attached hydrogens (tertiary/aromatic N) is 1. The normalized spacial score (nSPS) is 26.6. The highest BCUT2D eigenvalue weighted by atomic mass is 16.5. The lowest BCUT2D eigenvalue weighted by molar-refractivity contribution is -0.128. The van der Waals surface area contributed by atoms with Crippen molar-refractivity contribution >= 4 is 17.6 Å². The van der Waals surface area contributed by atoms with Crippen molar-refractivity contribution in [1.82, 2.24) is 9.88 Å². The molecule has 2 aliphatic rings. The molecule has 1 saturated carbocycles. The molecule has 1 aromatic heterocycles. The zero-order chi connectivity index (χ0) is 16.4. The quantitative estimate of drug-likeness (QED) is 0.832. The zero-order valence-corrected chi connectivity index (χ0v) is 13.9. The van der Waals surface area contributed by atoms with Crippen LogP contribution in [0, 0.1) is 11.3 Å². The van der Waals surface area contributed by atoms with Crippen molar-refractivity contribution in [2.24, 2.45) is 18.4 Å². The number of carbonyl (C=O) groups excluding carboxylic acids is 2. The third-order valence-corrected chi connectivity index (χ3v) is 5.24. The van der Waals surface area contributed by atoms with Crippen molar-refractivity contribution in [3.8, 4) is 0 Å². The van der Waals surface area contributed by atoms with E-state index in [4.69, 9.17) is 4.74 Å². The number of ether oxygens (including phenoxy) is 1. The summed E-state index contributed by atoms with van der Waals surface area (Å²) < 4.78 is 6.72. The Morgan fingerprint density at radius 1 is 1.48 bits per heavy atom. The fraction of sp³-hybridized carbons (Fsp3) is 0.647. The first kappa shape index (κ1) is 16.1. The molecule has 6 heteroatoms. The summed E-state index contributed by atoms with van der Waals surface area (Å²) in [5.74, 6) is 0.129. The summed E-state index contributed by atoms with van der Waals surface area (Å²) in [7, 11) is 1.78. The first-order valence-electron chi connectivity index (χ1n) is 8.42. The molecule has 126 valence electrons. The van der Waals surface area contributed by atoms with Crippen molar-refractivity contribution in [3.05, 3.63) is 18.0 Å². The Hall–Kier alpha value is -1.82. The van der Waals surface area contributed by atoms with Gasteiger partial charge < -0.3 is 19.9 Å². The minimum absolute atomic E-state index is 0.0770. The molecule has 1 amide bonds. The Labute approximate surface area is 136 Å². The van der Waals surface area contributed by atoms with Crippen LogP contribution in [0.25, 0.3) is 0 Å². The molecule has 1 saturated heterocycles. The molecule has 3 rings (SSSR count). The summed E-state index contributed by atoms with van der Waals surface area (Å²) >= 11 is 0. The highest BCUT2D eigenvalue weighted by molar-refractivity contribution is 5.97. The molecule has 2 atom stereocenters. The largest absolute Gasteiger partial charge is 0.461 e. The van der Waals surface area contributed by atoms with Crippen molar-refractivity contribution in [2.75, 3.05) is 25.0 Å². The van der Waals surface area contributed by atoms with E-state index in [1.165, 1.54) is 6.42 Å². The van der Waals surface area contributed by atoms with E-state index in [9.17, 15) is 9.59 Å². The standard InChI is InChI=1S/C17H25N3O3/c1-3-23-15(21)14-8-13(10-20(14)2)19-16(22)17-7-5-4-6-12(17)9-18-11-17/h8,10,12,18H,3-7,9,11H2,1-2H3,(H,19,22)/t12-,17+/m0/s1. The van der Waals surface area contributed by atoms with Gasteiger partial charge in [0.25, 0.3) is 0 Å². The van der Waals surface area contributed by atoms with Gasteiger partial charge in [-0.2, -0.15) is 0 Å². The molecule has 23 heavy (non-hydrogen) atoms. The average molecular weight is 319 g/mol. The van der Waals surface area contributed by atoms with Gasteiger partial charge >= 0.3 is 5.97 Å². The van der Waals surface area contributed by atoms with E-state index >= 15 is 0 Å². The summed E-state index contributed by atoms with van der Waals surface area (Å²) in [6.07, 6.45) is 6.13. The van der Waals surface area contributed by atoms with Crippen LogP contribution in [-0.2, 0) is 16.6 Å². The third-order valence-electron chi connectivity index (χ3n) is 5.24. The SMILES string of the molecule is CCOC(=O)c1cc(NC(=O)[C@@]23CCCC[C@H]2CNC3)cn1C. The second-order valence-electron chi connectivity index (χ2n) is 6.63. The number of amides is 1. The highest BCUT2D eigenvalue weighted by Gasteiger charge is 2.49. The van der Waals surface area contributed by atoms with Crippen molar-refractivity contribution in [2.45, 2.75) is 32.6 Å². The molecular weight excluding hydrogens is 294 g/mol. The number of aromatic nitrogens is 1. The maximum absolute atomic E-state index is 12.9. The van der Waals surface area contributed by atoms with Crippen LogP contribution in [0.15, 0.2) is 12.3 Å². The van der Waals surface area contributed by atoms with Gasteiger partial charge in [-0.1, -0.05) is 12.8 Å². The first-order valence-corrected chi connectivity index (χ1v) is 8.42. The summed E-state index contributed by atoms with van der Waals surface area (Å²) in [4.78, 5) is 24.8. The van der Waals surface area contributed by atoms with E-state index in [0.717, 1.165) is 32.4 Å². The first-order chi connectivity index (χ1) is 11.1. The van der Waals surface area contributed by atoms with E-state index in [-0.39, 0.29) is 17.3 Å². The lowest BCUT2D eigenvalue weighted by Crippen LogP contribution is -2.44. The van der Waals surface area contributed by atoms with Crippen molar-refractivity contribution in [3.63, 3.8) is 0 Å². The minimum Gasteiger partial charge on any atom is -0.461 e. The van der Waals surface area contributed by atoms with Crippen LogP contribution in [0.2, 0.25) is 0 Å². The van der Waals surface area contributed by atoms with Gasteiger partial charge in [0.1, 0.15) is 5.69 Å². The molecule has 0 spiro atoms. The molecule has 0 aromatic carbocycles. The van der Waals surface area contributed by atoms with Crippen LogP contribution >= 0.6 is 0 Å². The highest BCUT2D eigenvalue weighted by Crippen LogP contribution is 2.44. The Kier molecular flexibility index (Phi) is 4.43. The Bertz CT molecular complexity index is 610. The molecule has 2 heterocycles. The predicted molar refractivity (Wildman–Crippen MR) is 87.3 cm³/mol. The molecule has 0 bridgehead atoms. The molecular formula is C17H25N3O3. The van der Waals surface area contributed by atoms with Gasteiger partial charge in [-0.15, -0.1) is 0 Å². The summed E-state index contributed by atoms with van der Waals surface area (Å²) in [6, 6.07) is 1.69. The summed E-state index contributed by atoms with van der Waals surface area (Å²) in [6.45, 7) is 3.79. The molecule has 1 aliphatic carbocycles. The smallest absolute Gasteiger partial charge is 0.355 e. The van der Waals surface area contributed by atoms with Crippen molar-refractivity contribution in [1.29, 1.82) is 0 Å². The number of hydrogen-bond acceptors (Lipinski definition) is 4. The molecule has 2 N–H and O–H groups in total. The monoisotopic (exact) mass is 319 g/mol. The maximum Gasteiger partial charge on any atom is 0.355 e. The third kappa shape index (κ3) is 2.87. The summed E-state index contributed by atoms with van der Waals surface area (Å²) in [5.41, 5.74) is 0.814. The second kappa shape index (κ2) is 6.35. The number of aryl methyl sites for hydroxylation is 1. The molecule has 2 fully saturated rings. The van der Waals surface area contributed by atoms with E-state index in [1.807, 2.05) is 0 Å². The van der Waals surface area contributed by atoms with Gasteiger partial charge in [0.15, 0.2) is 0 Å². The molecule has 6 nitrogen and oxygen atoms in total. The minimum atomic E-state index is -0.369. The topological polar surface area (TPSA) is 72.4 Å². The van der Waals surface area contributed by atoms with Gasteiger partial charge in [0.05, 0.1) is 17.7 Å². The second-order valence-corrected chi connectivity index (χ2v) is 6.63. The number of fused-ring (bicyclic) bond motifs is 1. The maximum atomic E-state index is 12.9. The average Bonchev–Trinajstić information content (AvgIpc) is 3.11. The van der Waals surface area contributed by atoms with Crippen LogP contribution in [0.5, 0.6) is 0 Å². The molecule has 1 aromatic rings. The van der Waals surface area contributed by atoms with Crippen LogP contribution in [-0.4, -0.2) is 36.1 Å². The fourth-order valence-corrected chi connectivity index (χ4v) is 3.99. The fourth-order valence-electron chi connectivity index (χ4n) is 3.99. The van der Waals surface area contributed by atoms with Crippen molar-refractivity contribution < 1.29 is 14.3 Å². The number of carbonyl (C=O) groups is 2. The lowest BCUT2D eigenvalue weighted by Gasteiger charge is -2.36. The Morgan fingerprint density at radius 3 is 3.09 bits per heavy atom.